The molecule has 2 heterocycles. The lowest BCUT2D eigenvalue weighted by molar-refractivity contribution is -0.220. The molecule has 2 bridgehead atoms. The van der Waals surface area contributed by atoms with Crippen LogP contribution in [-0.2, 0) is 19.1 Å². The average Bonchev–Trinajstić information content (AvgIpc) is 2.78. The number of phenolic OH excluding ortho intramolecular Hbond substituents is 1. The van der Waals surface area contributed by atoms with Gasteiger partial charge in [0.05, 0.1) is 7.11 Å². The van der Waals surface area contributed by atoms with E-state index in [0.29, 0.717) is 24.0 Å². The van der Waals surface area contributed by atoms with E-state index >= 15 is 0 Å². The third-order valence-electron chi connectivity index (χ3n) is 4.77. The summed E-state index contributed by atoms with van der Waals surface area (Å²) in [5, 5.41) is 9.80. The van der Waals surface area contributed by atoms with E-state index in [0.717, 1.165) is 0 Å². The molecule has 6 heteroatoms. The lowest BCUT2D eigenvalue weighted by atomic mass is 9.78. The van der Waals surface area contributed by atoms with E-state index in [1.165, 1.54) is 20.3 Å². The number of fused-ring (bicyclic) bond motifs is 3. The molecule has 1 aromatic carbocycles. The molecule has 0 unspecified atom stereocenters. The van der Waals surface area contributed by atoms with Crippen LogP contribution in [0.15, 0.2) is 42.5 Å². The second-order valence-corrected chi connectivity index (χ2v) is 6.18. The van der Waals surface area contributed by atoms with E-state index in [-0.39, 0.29) is 17.3 Å². The van der Waals surface area contributed by atoms with Crippen molar-refractivity contribution in [3.8, 4) is 11.5 Å². The van der Waals surface area contributed by atoms with Gasteiger partial charge in [0.25, 0.3) is 0 Å². The number of phenols is 1. The highest BCUT2D eigenvalue weighted by Crippen LogP contribution is 2.47. The fourth-order valence-electron chi connectivity index (χ4n) is 3.51. The van der Waals surface area contributed by atoms with Gasteiger partial charge in [-0.1, -0.05) is 12.1 Å². The van der Waals surface area contributed by atoms with Gasteiger partial charge in [-0.05, 0) is 30.2 Å². The number of hydrogen-bond donors (Lipinski definition) is 1. The molecule has 0 amide bonds. The number of methoxy groups -OCH3 is 2. The predicted octanol–water partition coefficient (Wildman–Crippen LogP) is 2.48. The Balaban J connectivity index is 2.10. The molecule has 1 aromatic rings. The van der Waals surface area contributed by atoms with Crippen LogP contribution in [0.4, 0.5) is 0 Å². The van der Waals surface area contributed by atoms with Crippen molar-refractivity contribution < 1.29 is 28.9 Å². The molecule has 132 valence electrons. The van der Waals surface area contributed by atoms with Gasteiger partial charge in [-0.2, -0.15) is 0 Å². The first-order chi connectivity index (χ1) is 11.9. The summed E-state index contributed by atoms with van der Waals surface area (Å²) in [5.74, 6) is -3.29. The number of aromatic hydroxyl groups is 1. The topological polar surface area (TPSA) is 82.1 Å². The molecule has 0 aromatic heterocycles. The Kier molecular flexibility index (Phi) is 4.39. The minimum Gasteiger partial charge on any atom is -0.504 e. The van der Waals surface area contributed by atoms with Crippen LogP contribution in [0, 0.1) is 5.92 Å². The van der Waals surface area contributed by atoms with Gasteiger partial charge in [-0.25, -0.2) is 0 Å². The van der Waals surface area contributed by atoms with E-state index < -0.39 is 23.6 Å². The molecule has 0 radical (unpaired) electrons. The standard InChI is InChI=1S/C19H20O6/c1-4-5-12-9-19(24-3)10-13(16(17(12)21)18(22)25-19)11-6-7-14(20)15(8-11)23-2/h4,6-9,13,16,20H,1,5,10H2,2-3H3/t13-,16+,19+/m0/s1. The van der Waals surface area contributed by atoms with Gasteiger partial charge in [0.15, 0.2) is 17.3 Å². The van der Waals surface area contributed by atoms with Crippen molar-refractivity contribution in [3.63, 3.8) is 0 Å². The molecule has 3 atom stereocenters. The highest BCUT2D eigenvalue weighted by molar-refractivity contribution is 6.10. The van der Waals surface area contributed by atoms with Gasteiger partial charge in [0.2, 0.25) is 5.79 Å². The second-order valence-electron chi connectivity index (χ2n) is 6.18. The summed E-state index contributed by atoms with van der Waals surface area (Å²) in [5.41, 5.74) is 1.17. The largest absolute Gasteiger partial charge is 0.504 e. The van der Waals surface area contributed by atoms with Gasteiger partial charge in [-0.3, -0.25) is 9.59 Å². The Bertz CT molecular complexity index is 765. The zero-order valence-corrected chi connectivity index (χ0v) is 14.2. The number of benzene rings is 1. The number of esters is 1. The third kappa shape index (κ3) is 2.82. The van der Waals surface area contributed by atoms with Crippen molar-refractivity contribution in [1.29, 1.82) is 0 Å². The van der Waals surface area contributed by atoms with Crippen LogP contribution < -0.4 is 4.74 Å². The fraction of sp³-hybridized carbons (Fsp3) is 0.368. The Morgan fingerprint density at radius 2 is 2.16 bits per heavy atom. The average molecular weight is 344 g/mol. The molecule has 25 heavy (non-hydrogen) atoms. The van der Waals surface area contributed by atoms with E-state index in [4.69, 9.17) is 14.2 Å². The van der Waals surface area contributed by atoms with E-state index in [1.54, 1.807) is 24.3 Å². The molecule has 4 rings (SSSR count). The molecular weight excluding hydrogens is 324 g/mol. The van der Waals surface area contributed by atoms with Crippen LogP contribution in [0.2, 0.25) is 0 Å². The number of Topliss-reactive ketones (excluding diaryl/α,β-unsaturated/α-hetero) is 1. The molecule has 1 N–H and O–H groups in total. The number of carbonyl (C=O) groups is 2. The highest BCUT2D eigenvalue weighted by Gasteiger charge is 2.53. The second kappa shape index (κ2) is 6.37. The van der Waals surface area contributed by atoms with Crippen molar-refractivity contribution in [1.82, 2.24) is 0 Å². The van der Waals surface area contributed by atoms with Crippen LogP contribution >= 0.6 is 0 Å². The van der Waals surface area contributed by atoms with Gasteiger partial charge in [0.1, 0.15) is 5.92 Å². The summed E-state index contributed by atoms with van der Waals surface area (Å²) >= 11 is 0. The minimum atomic E-state index is -1.28. The quantitative estimate of drug-likeness (QED) is 0.502. The zero-order valence-electron chi connectivity index (χ0n) is 14.2. The molecule has 0 saturated carbocycles. The summed E-state index contributed by atoms with van der Waals surface area (Å²) in [6.45, 7) is 3.66. The maximum Gasteiger partial charge on any atom is 0.320 e. The summed E-state index contributed by atoms with van der Waals surface area (Å²) in [7, 11) is 2.89. The van der Waals surface area contributed by atoms with Crippen molar-refractivity contribution in [2.45, 2.75) is 24.5 Å². The molecule has 1 saturated heterocycles. The number of ether oxygens (including phenoxy) is 3. The van der Waals surface area contributed by atoms with Crippen molar-refractivity contribution >= 4 is 11.8 Å². The lowest BCUT2D eigenvalue weighted by Crippen LogP contribution is -2.46. The number of carbonyl (C=O) groups excluding carboxylic acids is 2. The molecule has 1 aliphatic carbocycles. The Morgan fingerprint density at radius 3 is 2.80 bits per heavy atom. The van der Waals surface area contributed by atoms with E-state index in [1.807, 2.05) is 0 Å². The first kappa shape index (κ1) is 17.2. The first-order valence-electron chi connectivity index (χ1n) is 7.96. The third-order valence-corrected chi connectivity index (χ3v) is 4.77. The van der Waals surface area contributed by atoms with Crippen LogP contribution in [0.25, 0.3) is 0 Å². The number of allylic oxidation sites excluding steroid dienone is 2. The smallest absolute Gasteiger partial charge is 0.320 e. The Morgan fingerprint density at radius 1 is 1.40 bits per heavy atom. The number of rotatable bonds is 5. The minimum absolute atomic E-state index is 0.00846. The molecule has 6 nitrogen and oxygen atoms in total. The monoisotopic (exact) mass is 344 g/mol. The molecular formula is C19H20O6. The number of hydrogen-bond acceptors (Lipinski definition) is 6. The van der Waals surface area contributed by atoms with Crippen LogP contribution in [0.3, 0.4) is 0 Å². The normalized spacial score (nSPS) is 28.2. The molecule has 2 aliphatic heterocycles. The summed E-state index contributed by atoms with van der Waals surface area (Å²) in [4.78, 5) is 25.5. The molecule has 1 fully saturated rings. The highest BCUT2D eigenvalue weighted by atomic mass is 16.7. The van der Waals surface area contributed by atoms with Gasteiger partial charge >= 0.3 is 5.97 Å². The predicted molar refractivity (Wildman–Crippen MR) is 89.2 cm³/mol. The van der Waals surface area contributed by atoms with Gasteiger partial charge in [-0.15, -0.1) is 6.58 Å². The summed E-state index contributed by atoms with van der Waals surface area (Å²) in [6, 6.07) is 4.80. The maximum absolute atomic E-state index is 12.9. The van der Waals surface area contributed by atoms with Crippen LogP contribution in [-0.4, -0.2) is 36.9 Å². The molecule has 0 spiro atoms. The van der Waals surface area contributed by atoms with Crippen molar-refractivity contribution in [2.75, 3.05) is 14.2 Å². The SMILES string of the molecule is C=CCC1=C[C@]2(OC)C[C@@H](c3ccc(O)c(OC)c3)[C@@H](C(=O)O2)C1=O. The fourth-order valence-corrected chi connectivity index (χ4v) is 3.51. The Hall–Kier alpha value is -2.60. The van der Waals surface area contributed by atoms with Crippen molar-refractivity contribution in [2.24, 2.45) is 5.92 Å². The number of ketones is 1. The van der Waals surface area contributed by atoms with Crippen LogP contribution in [0.5, 0.6) is 11.5 Å². The van der Waals surface area contributed by atoms with Crippen LogP contribution in [0.1, 0.15) is 24.3 Å². The van der Waals surface area contributed by atoms with Gasteiger partial charge < -0.3 is 19.3 Å². The van der Waals surface area contributed by atoms with Crippen molar-refractivity contribution in [3.05, 3.63) is 48.1 Å². The summed E-state index contributed by atoms with van der Waals surface area (Å²) in [6.07, 6.45) is 3.84. The summed E-state index contributed by atoms with van der Waals surface area (Å²) < 4.78 is 16.1. The Labute approximate surface area is 145 Å². The lowest BCUT2D eigenvalue weighted by Gasteiger charge is -2.38. The molecule has 3 aliphatic rings. The maximum atomic E-state index is 12.9. The zero-order chi connectivity index (χ0) is 18.2. The van der Waals surface area contributed by atoms with E-state index in [9.17, 15) is 14.7 Å². The van der Waals surface area contributed by atoms with E-state index in [2.05, 4.69) is 6.58 Å². The first-order valence-corrected chi connectivity index (χ1v) is 7.96. The van der Waals surface area contributed by atoms with Gasteiger partial charge in [0, 0.05) is 25.0 Å².